The standard InChI is InChI=1S/C17H14N4/c18-15-5-9-17(10-6-15)21-20-16-7-3-13(4-8-16)14-2-1-11-19-12-14/h1-12H,18H2. The van der Waals surface area contributed by atoms with Gasteiger partial charge in [-0.3, -0.25) is 4.98 Å². The SMILES string of the molecule is Nc1ccc(N=Nc2ccc(-c3cccnc3)cc2)cc1. The Morgan fingerprint density at radius 3 is 1.90 bits per heavy atom. The smallest absolute Gasteiger partial charge is 0.0858 e. The van der Waals surface area contributed by atoms with E-state index in [4.69, 9.17) is 5.73 Å². The molecule has 2 N–H and O–H groups in total. The predicted molar refractivity (Wildman–Crippen MR) is 84.7 cm³/mol. The Bertz CT molecular complexity index is 732. The first-order valence-corrected chi connectivity index (χ1v) is 6.59. The van der Waals surface area contributed by atoms with Crippen LogP contribution in [0.4, 0.5) is 17.1 Å². The number of anilines is 1. The molecule has 4 nitrogen and oxygen atoms in total. The van der Waals surface area contributed by atoms with Gasteiger partial charge in [-0.15, -0.1) is 0 Å². The zero-order chi connectivity index (χ0) is 14.5. The summed E-state index contributed by atoms with van der Waals surface area (Å²) in [5.74, 6) is 0. The van der Waals surface area contributed by atoms with Crippen LogP contribution >= 0.6 is 0 Å². The topological polar surface area (TPSA) is 63.6 Å². The number of nitrogens with two attached hydrogens (primary N) is 1. The van der Waals surface area contributed by atoms with Gasteiger partial charge in [0.1, 0.15) is 0 Å². The van der Waals surface area contributed by atoms with Gasteiger partial charge in [0, 0.05) is 18.1 Å². The monoisotopic (exact) mass is 274 g/mol. The van der Waals surface area contributed by atoms with E-state index in [1.165, 1.54) is 0 Å². The Balaban J connectivity index is 1.77. The number of hydrogen-bond acceptors (Lipinski definition) is 4. The summed E-state index contributed by atoms with van der Waals surface area (Å²) in [6.45, 7) is 0. The molecule has 0 fully saturated rings. The fraction of sp³-hybridized carbons (Fsp3) is 0. The van der Waals surface area contributed by atoms with Gasteiger partial charge in [-0.1, -0.05) is 18.2 Å². The molecule has 1 aromatic heterocycles. The highest BCUT2D eigenvalue weighted by atomic mass is 15.1. The minimum atomic E-state index is 0.717. The van der Waals surface area contributed by atoms with E-state index in [0.717, 1.165) is 28.2 Å². The number of rotatable bonds is 3. The lowest BCUT2D eigenvalue weighted by Gasteiger charge is -2.00. The zero-order valence-corrected chi connectivity index (χ0v) is 11.3. The number of hydrogen-bond donors (Lipinski definition) is 1. The van der Waals surface area contributed by atoms with Crippen LogP contribution in [-0.2, 0) is 0 Å². The first-order valence-electron chi connectivity index (χ1n) is 6.59. The highest BCUT2D eigenvalue weighted by Crippen LogP contribution is 2.23. The zero-order valence-electron chi connectivity index (χ0n) is 11.3. The lowest BCUT2D eigenvalue weighted by Crippen LogP contribution is -1.80. The number of aromatic nitrogens is 1. The van der Waals surface area contributed by atoms with Gasteiger partial charge in [-0.05, 0) is 53.6 Å². The fourth-order valence-corrected chi connectivity index (χ4v) is 1.91. The van der Waals surface area contributed by atoms with Gasteiger partial charge in [-0.2, -0.15) is 10.2 Å². The Morgan fingerprint density at radius 2 is 1.33 bits per heavy atom. The first kappa shape index (κ1) is 13.0. The van der Waals surface area contributed by atoms with Crippen molar-refractivity contribution in [2.24, 2.45) is 10.2 Å². The first-order chi connectivity index (χ1) is 10.3. The van der Waals surface area contributed by atoms with Gasteiger partial charge in [0.15, 0.2) is 0 Å². The second kappa shape index (κ2) is 5.96. The third-order valence-electron chi connectivity index (χ3n) is 3.04. The number of nitrogen functional groups attached to an aromatic ring is 1. The van der Waals surface area contributed by atoms with E-state index >= 15 is 0 Å². The molecule has 0 aliphatic rings. The van der Waals surface area contributed by atoms with Crippen molar-refractivity contribution in [3.05, 3.63) is 73.1 Å². The van der Waals surface area contributed by atoms with E-state index in [-0.39, 0.29) is 0 Å². The third kappa shape index (κ3) is 3.30. The molecule has 3 aromatic rings. The molecule has 0 amide bonds. The maximum absolute atomic E-state index is 5.63. The maximum Gasteiger partial charge on any atom is 0.0858 e. The van der Waals surface area contributed by atoms with Crippen molar-refractivity contribution in [1.29, 1.82) is 0 Å². The predicted octanol–water partition coefficient (Wildman–Crippen LogP) is 4.75. The van der Waals surface area contributed by atoms with E-state index in [2.05, 4.69) is 15.2 Å². The minimum absolute atomic E-state index is 0.717. The van der Waals surface area contributed by atoms with Crippen LogP contribution in [0.5, 0.6) is 0 Å². The molecule has 0 aliphatic heterocycles. The van der Waals surface area contributed by atoms with Crippen LogP contribution in [0.15, 0.2) is 83.3 Å². The summed E-state index contributed by atoms with van der Waals surface area (Å²) in [6, 6.07) is 19.1. The molecule has 0 unspecified atom stereocenters. The van der Waals surface area contributed by atoms with Crippen molar-refractivity contribution >= 4 is 17.1 Å². The van der Waals surface area contributed by atoms with Crippen LogP contribution in [0.25, 0.3) is 11.1 Å². The number of pyridine rings is 1. The van der Waals surface area contributed by atoms with Crippen molar-refractivity contribution in [1.82, 2.24) is 4.98 Å². The molecule has 0 bridgehead atoms. The summed E-state index contributed by atoms with van der Waals surface area (Å²) in [7, 11) is 0. The Kier molecular flexibility index (Phi) is 3.69. The van der Waals surface area contributed by atoms with Gasteiger partial charge < -0.3 is 5.73 Å². The number of benzene rings is 2. The van der Waals surface area contributed by atoms with E-state index in [9.17, 15) is 0 Å². The second-order valence-electron chi connectivity index (χ2n) is 4.58. The largest absolute Gasteiger partial charge is 0.399 e. The lowest BCUT2D eigenvalue weighted by atomic mass is 10.1. The molecule has 21 heavy (non-hydrogen) atoms. The van der Waals surface area contributed by atoms with Crippen LogP contribution < -0.4 is 5.73 Å². The van der Waals surface area contributed by atoms with Gasteiger partial charge >= 0.3 is 0 Å². The fourth-order valence-electron chi connectivity index (χ4n) is 1.91. The van der Waals surface area contributed by atoms with E-state index in [0.29, 0.717) is 0 Å². The lowest BCUT2D eigenvalue weighted by molar-refractivity contribution is 1.23. The number of azo groups is 1. The molecule has 4 heteroatoms. The molecule has 0 saturated carbocycles. The van der Waals surface area contributed by atoms with Crippen molar-refractivity contribution < 1.29 is 0 Å². The molecule has 0 atom stereocenters. The average molecular weight is 274 g/mol. The van der Waals surface area contributed by atoms with Gasteiger partial charge in [-0.25, -0.2) is 0 Å². The molecule has 1 heterocycles. The minimum Gasteiger partial charge on any atom is -0.399 e. The van der Waals surface area contributed by atoms with Crippen LogP contribution in [-0.4, -0.2) is 4.98 Å². The molecule has 2 aromatic carbocycles. The third-order valence-corrected chi connectivity index (χ3v) is 3.04. The molecule has 0 spiro atoms. The van der Waals surface area contributed by atoms with E-state index in [1.54, 1.807) is 18.3 Å². The summed E-state index contributed by atoms with van der Waals surface area (Å²) >= 11 is 0. The van der Waals surface area contributed by atoms with E-state index in [1.807, 2.05) is 54.7 Å². The average Bonchev–Trinajstić information content (AvgIpc) is 2.56. The highest BCUT2D eigenvalue weighted by Gasteiger charge is 1.97. The maximum atomic E-state index is 5.63. The van der Waals surface area contributed by atoms with Crippen LogP contribution in [0.3, 0.4) is 0 Å². The Labute approximate surface area is 123 Å². The summed E-state index contributed by atoms with van der Waals surface area (Å²) < 4.78 is 0. The van der Waals surface area contributed by atoms with E-state index < -0.39 is 0 Å². The molecule has 3 rings (SSSR count). The molecule has 0 aliphatic carbocycles. The molecular formula is C17H14N4. The summed E-state index contributed by atoms with van der Waals surface area (Å²) in [5, 5.41) is 8.39. The van der Waals surface area contributed by atoms with Crippen LogP contribution in [0.1, 0.15) is 0 Å². The molecular weight excluding hydrogens is 260 g/mol. The van der Waals surface area contributed by atoms with Crippen molar-refractivity contribution in [2.45, 2.75) is 0 Å². The summed E-state index contributed by atoms with van der Waals surface area (Å²) in [4.78, 5) is 4.11. The molecule has 0 radical (unpaired) electrons. The highest BCUT2D eigenvalue weighted by molar-refractivity contribution is 5.64. The van der Waals surface area contributed by atoms with Crippen LogP contribution in [0, 0.1) is 0 Å². The van der Waals surface area contributed by atoms with Crippen LogP contribution in [0.2, 0.25) is 0 Å². The van der Waals surface area contributed by atoms with Gasteiger partial charge in [0.2, 0.25) is 0 Å². The van der Waals surface area contributed by atoms with Gasteiger partial charge in [0.25, 0.3) is 0 Å². The molecule has 0 saturated heterocycles. The van der Waals surface area contributed by atoms with Crippen molar-refractivity contribution in [3.63, 3.8) is 0 Å². The van der Waals surface area contributed by atoms with Crippen molar-refractivity contribution in [2.75, 3.05) is 5.73 Å². The normalized spacial score (nSPS) is 10.9. The van der Waals surface area contributed by atoms with Gasteiger partial charge in [0.05, 0.1) is 11.4 Å². The number of nitrogens with zero attached hydrogens (tertiary/aromatic N) is 3. The van der Waals surface area contributed by atoms with Crippen molar-refractivity contribution in [3.8, 4) is 11.1 Å². The second-order valence-corrected chi connectivity index (χ2v) is 4.58. The summed E-state index contributed by atoms with van der Waals surface area (Å²) in [5.41, 5.74) is 10.1. The Hall–Kier alpha value is -3.01. The quantitative estimate of drug-likeness (QED) is 0.553. The molecule has 102 valence electrons. The summed E-state index contributed by atoms with van der Waals surface area (Å²) in [6.07, 6.45) is 3.60. The Morgan fingerprint density at radius 1 is 0.714 bits per heavy atom.